The van der Waals surface area contributed by atoms with E-state index in [1.165, 1.54) is 0 Å². The summed E-state index contributed by atoms with van der Waals surface area (Å²) < 4.78 is 5.76. The first-order valence-corrected chi connectivity index (χ1v) is 11.6. The summed E-state index contributed by atoms with van der Waals surface area (Å²) in [4.78, 5) is 23.9. The van der Waals surface area contributed by atoms with Gasteiger partial charge in [0.1, 0.15) is 10.8 Å². The van der Waals surface area contributed by atoms with Gasteiger partial charge >= 0.3 is 6.09 Å². The predicted molar refractivity (Wildman–Crippen MR) is 128 cm³/mol. The minimum Gasteiger partial charge on any atom is -0.444 e. The van der Waals surface area contributed by atoms with Crippen molar-refractivity contribution in [3.63, 3.8) is 0 Å². The lowest BCUT2D eigenvalue weighted by molar-refractivity contribution is 0.00919. The zero-order valence-electron chi connectivity index (χ0n) is 18.9. The number of hydrogen-bond acceptors (Lipinski definition) is 4. The molecule has 4 rings (SSSR count). The average Bonchev–Trinajstić information content (AvgIpc) is 2.77. The summed E-state index contributed by atoms with van der Waals surface area (Å²) in [5.74, 6) is 0.339. The Morgan fingerprint density at radius 1 is 1.09 bits per heavy atom. The highest BCUT2D eigenvalue weighted by atomic mass is 35.5. The highest BCUT2D eigenvalue weighted by molar-refractivity contribution is 6.30. The van der Waals surface area contributed by atoms with E-state index in [1.807, 2.05) is 62.2 Å². The van der Waals surface area contributed by atoms with Gasteiger partial charge in [0.15, 0.2) is 0 Å². The van der Waals surface area contributed by atoms with Gasteiger partial charge in [-0.2, -0.15) is 0 Å². The molecule has 0 N–H and O–H groups in total. The second-order valence-electron chi connectivity index (χ2n) is 9.52. The lowest BCUT2D eigenvalue weighted by atomic mass is 9.82. The molecule has 2 aromatic heterocycles. The Bertz CT molecular complexity index is 1070. The maximum absolute atomic E-state index is 13.1. The number of nitrogens with zero attached hydrogens (tertiary/aromatic N) is 3. The molecule has 0 saturated heterocycles. The molecule has 32 heavy (non-hydrogen) atoms. The Balaban J connectivity index is 1.52. The first-order chi connectivity index (χ1) is 15.3. The van der Waals surface area contributed by atoms with Crippen LogP contribution in [0, 0.1) is 0 Å². The third kappa shape index (κ3) is 5.39. The molecule has 1 amide bonds. The molecule has 0 bridgehead atoms. The number of aromatic nitrogens is 2. The Kier molecular flexibility index (Phi) is 6.66. The van der Waals surface area contributed by atoms with Crippen LogP contribution in [0.4, 0.5) is 4.79 Å². The van der Waals surface area contributed by atoms with E-state index in [-0.39, 0.29) is 12.1 Å². The lowest BCUT2D eigenvalue weighted by Crippen LogP contribution is -2.44. The van der Waals surface area contributed by atoms with Crippen LogP contribution in [0.5, 0.6) is 0 Å². The second kappa shape index (κ2) is 9.45. The van der Waals surface area contributed by atoms with Crippen LogP contribution in [0.1, 0.15) is 63.6 Å². The Morgan fingerprint density at radius 2 is 1.81 bits per heavy atom. The van der Waals surface area contributed by atoms with Gasteiger partial charge in [-0.3, -0.25) is 4.98 Å². The first-order valence-electron chi connectivity index (χ1n) is 11.2. The van der Waals surface area contributed by atoms with Crippen LogP contribution in [0.2, 0.25) is 5.15 Å². The van der Waals surface area contributed by atoms with E-state index in [0.29, 0.717) is 17.6 Å². The summed E-state index contributed by atoms with van der Waals surface area (Å²) in [6.45, 7) is 6.29. The van der Waals surface area contributed by atoms with Crippen molar-refractivity contribution in [2.24, 2.45) is 0 Å². The predicted octanol–water partition coefficient (Wildman–Crippen LogP) is 6.75. The van der Waals surface area contributed by atoms with E-state index in [1.54, 1.807) is 6.20 Å². The molecule has 0 atom stereocenters. The van der Waals surface area contributed by atoms with Crippen molar-refractivity contribution < 1.29 is 9.53 Å². The highest BCUT2D eigenvalue weighted by Crippen LogP contribution is 2.37. The molecule has 0 unspecified atom stereocenters. The standard InChI is InChI=1S/C26H30ClN3O2/c1-26(2,3)32-25(31)30(17-18-7-5-4-6-8-18)21-11-9-19(10-12-21)24-22-15-23(27)29-16-20(22)13-14-28-24/h4-8,13-16,19,21H,9-12,17H2,1-3H3. The number of rotatable bonds is 4. The lowest BCUT2D eigenvalue weighted by Gasteiger charge is -2.37. The number of pyridine rings is 2. The molecule has 1 fully saturated rings. The van der Waals surface area contributed by atoms with Crippen LogP contribution in [-0.2, 0) is 11.3 Å². The molecule has 0 spiro atoms. The second-order valence-corrected chi connectivity index (χ2v) is 9.91. The first kappa shape index (κ1) is 22.5. The topological polar surface area (TPSA) is 55.3 Å². The Morgan fingerprint density at radius 3 is 2.50 bits per heavy atom. The number of benzene rings is 1. The summed E-state index contributed by atoms with van der Waals surface area (Å²) in [5, 5.41) is 2.62. The largest absolute Gasteiger partial charge is 0.444 e. The van der Waals surface area contributed by atoms with Crippen LogP contribution in [0.3, 0.4) is 0 Å². The molecular formula is C26H30ClN3O2. The molecule has 1 aromatic carbocycles. The molecule has 0 aliphatic heterocycles. The van der Waals surface area contributed by atoms with E-state index in [9.17, 15) is 4.79 Å². The third-order valence-corrected chi connectivity index (χ3v) is 6.20. The van der Waals surface area contributed by atoms with Gasteiger partial charge in [-0.1, -0.05) is 41.9 Å². The van der Waals surface area contributed by atoms with Crippen molar-refractivity contribution in [3.05, 3.63) is 71.3 Å². The van der Waals surface area contributed by atoms with Crippen LogP contribution < -0.4 is 0 Å². The monoisotopic (exact) mass is 451 g/mol. The fourth-order valence-electron chi connectivity index (χ4n) is 4.49. The van der Waals surface area contributed by atoms with Crippen molar-refractivity contribution in [3.8, 4) is 0 Å². The molecular weight excluding hydrogens is 422 g/mol. The van der Waals surface area contributed by atoms with E-state index < -0.39 is 5.60 Å². The van der Waals surface area contributed by atoms with Gasteiger partial charge < -0.3 is 9.64 Å². The summed E-state index contributed by atoms with van der Waals surface area (Å²) in [6, 6.07) is 14.1. The highest BCUT2D eigenvalue weighted by Gasteiger charge is 2.33. The third-order valence-electron chi connectivity index (χ3n) is 5.99. The SMILES string of the molecule is CC(C)(C)OC(=O)N(Cc1ccccc1)C1CCC(c2nccc3cnc(Cl)cc23)CC1. The fraction of sp³-hybridized carbons (Fsp3) is 0.423. The van der Waals surface area contributed by atoms with E-state index >= 15 is 0 Å². The van der Waals surface area contributed by atoms with Gasteiger partial charge in [-0.25, -0.2) is 9.78 Å². The van der Waals surface area contributed by atoms with Crippen LogP contribution in [0.25, 0.3) is 10.8 Å². The fourth-order valence-corrected chi connectivity index (χ4v) is 4.65. The van der Waals surface area contributed by atoms with Gasteiger partial charge in [0.25, 0.3) is 0 Å². The zero-order valence-corrected chi connectivity index (χ0v) is 19.7. The van der Waals surface area contributed by atoms with Crippen molar-refractivity contribution in [1.82, 2.24) is 14.9 Å². The molecule has 6 heteroatoms. The van der Waals surface area contributed by atoms with Gasteiger partial charge in [0.2, 0.25) is 0 Å². The maximum atomic E-state index is 13.1. The molecule has 2 heterocycles. The molecule has 0 radical (unpaired) electrons. The number of amides is 1. The number of carbonyl (C=O) groups is 1. The summed E-state index contributed by atoms with van der Waals surface area (Å²) >= 11 is 6.16. The maximum Gasteiger partial charge on any atom is 0.410 e. The molecule has 1 saturated carbocycles. The molecule has 1 aliphatic rings. The van der Waals surface area contributed by atoms with E-state index in [4.69, 9.17) is 21.3 Å². The van der Waals surface area contributed by atoms with E-state index in [0.717, 1.165) is 47.7 Å². The minimum atomic E-state index is -0.524. The number of ether oxygens (including phenoxy) is 1. The van der Waals surface area contributed by atoms with Crippen LogP contribution in [-0.4, -0.2) is 32.6 Å². The number of hydrogen-bond donors (Lipinski definition) is 0. The van der Waals surface area contributed by atoms with Crippen molar-refractivity contribution >= 4 is 28.5 Å². The minimum absolute atomic E-state index is 0.140. The average molecular weight is 452 g/mol. The number of carbonyl (C=O) groups excluding carboxylic acids is 1. The molecule has 168 valence electrons. The number of fused-ring (bicyclic) bond motifs is 1. The Labute approximate surface area is 194 Å². The molecule has 5 nitrogen and oxygen atoms in total. The summed E-state index contributed by atoms with van der Waals surface area (Å²) in [6.07, 6.45) is 7.16. The van der Waals surface area contributed by atoms with Crippen LogP contribution in [0.15, 0.2) is 54.9 Å². The van der Waals surface area contributed by atoms with Gasteiger partial charge in [-0.05, 0) is 64.2 Å². The van der Waals surface area contributed by atoms with Gasteiger partial charge in [0, 0.05) is 41.7 Å². The van der Waals surface area contributed by atoms with Gasteiger partial charge in [-0.15, -0.1) is 0 Å². The van der Waals surface area contributed by atoms with Gasteiger partial charge in [0.05, 0.1) is 5.69 Å². The summed E-state index contributed by atoms with van der Waals surface area (Å²) in [5.41, 5.74) is 1.67. The molecule has 3 aromatic rings. The van der Waals surface area contributed by atoms with Crippen molar-refractivity contribution in [1.29, 1.82) is 0 Å². The summed E-state index contributed by atoms with van der Waals surface area (Å²) in [7, 11) is 0. The van der Waals surface area contributed by atoms with Crippen LogP contribution >= 0.6 is 11.6 Å². The Hall–Kier alpha value is -2.66. The quantitative estimate of drug-likeness (QED) is 0.412. The van der Waals surface area contributed by atoms with E-state index in [2.05, 4.69) is 17.1 Å². The normalized spacial score (nSPS) is 19.0. The van der Waals surface area contributed by atoms with Crippen molar-refractivity contribution in [2.75, 3.05) is 0 Å². The molecule has 1 aliphatic carbocycles. The smallest absolute Gasteiger partial charge is 0.410 e. The van der Waals surface area contributed by atoms with Crippen molar-refractivity contribution in [2.45, 2.75) is 70.6 Å². The number of halogens is 1. The zero-order chi connectivity index (χ0) is 22.7.